The molecule has 11 heteroatoms. The maximum Gasteiger partial charge on any atom is 0.281 e. The standard InChI is InChI=1S/C28H17N9O2/c38-27(19-3-1-9-29-13-19)36-15-25(32-34-36)17-5-7-23-21(11-17)22-12-18(6-8-24(22)31-23)26-16-37(35-33-26)28(39)20-4-2-10-30-14-20/h1-16,31H. The van der Waals surface area contributed by atoms with Gasteiger partial charge in [0.25, 0.3) is 11.8 Å². The van der Waals surface area contributed by atoms with Crippen molar-refractivity contribution in [2.75, 3.05) is 0 Å². The first kappa shape index (κ1) is 22.4. The van der Waals surface area contributed by atoms with Crippen molar-refractivity contribution < 1.29 is 9.59 Å². The number of H-pyrrole nitrogens is 1. The van der Waals surface area contributed by atoms with Crippen molar-refractivity contribution in [1.82, 2.24) is 44.9 Å². The Kier molecular flexibility index (Phi) is 5.12. The molecule has 0 saturated heterocycles. The number of nitrogens with one attached hydrogen (secondary N) is 1. The molecule has 0 aliphatic carbocycles. The van der Waals surface area contributed by atoms with Gasteiger partial charge >= 0.3 is 0 Å². The smallest absolute Gasteiger partial charge is 0.281 e. The van der Waals surface area contributed by atoms with Gasteiger partial charge in [0.1, 0.15) is 11.4 Å². The number of carbonyl (C=O) groups excluding carboxylic acids is 2. The van der Waals surface area contributed by atoms with Crippen LogP contribution in [-0.2, 0) is 0 Å². The molecule has 0 aliphatic heterocycles. The number of nitrogens with zero attached hydrogens (tertiary/aromatic N) is 8. The van der Waals surface area contributed by atoms with Crippen LogP contribution in [0.5, 0.6) is 0 Å². The number of pyridine rings is 2. The van der Waals surface area contributed by atoms with Crippen LogP contribution in [0.25, 0.3) is 44.3 Å². The molecule has 0 aliphatic rings. The van der Waals surface area contributed by atoms with E-state index in [-0.39, 0.29) is 11.8 Å². The molecule has 39 heavy (non-hydrogen) atoms. The first-order chi connectivity index (χ1) is 19.1. The fourth-order valence-electron chi connectivity index (χ4n) is 4.45. The Morgan fingerprint density at radius 2 is 1.13 bits per heavy atom. The summed E-state index contributed by atoms with van der Waals surface area (Å²) in [6.45, 7) is 0. The second kappa shape index (κ2) is 8.92. The molecule has 0 bridgehead atoms. The van der Waals surface area contributed by atoms with Gasteiger partial charge < -0.3 is 4.98 Å². The number of aromatic amines is 1. The molecule has 0 fully saturated rings. The molecule has 0 radical (unpaired) electrons. The van der Waals surface area contributed by atoms with E-state index < -0.39 is 0 Å². The monoisotopic (exact) mass is 511 g/mol. The molecule has 0 atom stereocenters. The molecule has 186 valence electrons. The maximum absolute atomic E-state index is 12.7. The highest BCUT2D eigenvalue weighted by atomic mass is 16.2. The SMILES string of the molecule is O=C(c1cccnc1)n1cc(-c2ccc3[nH]c4ccc(-c5cn(C(=O)c6cccnc6)nn5)cc4c3c2)nn1. The normalized spacial score (nSPS) is 11.3. The molecule has 1 N–H and O–H groups in total. The minimum atomic E-state index is -0.310. The summed E-state index contributed by atoms with van der Waals surface area (Å²) in [5.41, 5.74) is 5.49. The highest BCUT2D eigenvalue weighted by Gasteiger charge is 2.16. The van der Waals surface area contributed by atoms with Crippen LogP contribution in [0.4, 0.5) is 0 Å². The molecule has 7 rings (SSSR count). The van der Waals surface area contributed by atoms with Crippen molar-refractivity contribution in [3.8, 4) is 22.5 Å². The number of benzene rings is 2. The van der Waals surface area contributed by atoms with E-state index in [0.29, 0.717) is 22.5 Å². The van der Waals surface area contributed by atoms with Crippen LogP contribution < -0.4 is 0 Å². The van der Waals surface area contributed by atoms with Gasteiger partial charge in [0.15, 0.2) is 0 Å². The van der Waals surface area contributed by atoms with Crippen LogP contribution in [0.3, 0.4) is 0 Å². The number of carbonyl (C=O) groups is 2. The molecular weight excluding hydrogens is 494 g/mol. The molecular formula is C28H17N9O2. The molecule has 5 aromatic heterocycles. The summed E-state index contributed by atoms with van der Waals surface area (Å²) >= 11 is 0. The second-order valence-corrected chi connectivity index (χ2v) is 8.84. The molecule has 5 heterocycles. The molecule has 7 aromatic rings. The quantitative estimate of drug-likeness (QED) is 0.374. The van der Waals surface area contributed by atoms with Crippen LogP contribution in [0.1, 0.15) is 20.7 Å². The van der Waals surface area contributed by atoms with E-state index in [9.17, 15) is 9.59 Å². The van der Waals surface area contributed by atoms with Crippen LogP contribution in [0.15, 0.2) is 97.8 Å². The number of aromatic nitrogens is 9. The lowest BCUT2D eigenvalue weighted by Crippen LogP contribution is -2.12. The molecule has 2 aromatic carbocycles. The van der Waals surface area contributed by atoms with Gasteiger partial charge in [0.05, 0.1) is 23.5 Å². The Balaban J connectivity index is 1.23. The Morgan fingerprint density at radius 3 is 1.56 bits per heavy atom. The van der Waals surface area contributed by atoms with Crippen LogP contribution >= 0.6 is 0 Å². The third-order valence-electron chi connectivity index (χ3n) is 6.41. The van der Waals surface area contributed by atoms with Crippen molar-refractivity contribution in [3.05, 3.63) is 109 Å². The van der Waals surface area contributed by atoms with Gasteiger partial charge in [-0.25, -0.2) is 0 Å². The van der Waals surface area contributed by atoms with Crippen molar-refractivity contribution in [1.29, 1.82) is 0 Å². The van der Waals surface area contributed by atoms with E-state index >= 15 is 0 Å². The van der Waals surface area contributed by atoms with E-state index in [1.165, 1.54) is 21.8 Å². The fraction of sp³-hybridized carbons (Fsp3) is 0. The summed E-state index contributed by atoms with van der Waals surface area (Å²) in [5.74, 6) is -0.621. The Hall–Kier alpha value is -5.84. The van der Waals surface area contributed by atoms with Gasteiger partial charge in [-0.1, -0.05) is 22.6 Å². The zero-order valence-corrected chi connectivity index (χ0v) is 20.1. The topological polar surface area (TPSA) is 137 Å². The minimum Gasteiger partial charge on any atom is -0.355 e. The summed E-state index contributed by atoms with van der Waals surface area (Å²) in [4.78, 5) is 36.8. The third-order valence-corrected chi connectivity index (χ3v) is 6.41. The van der Waals surface area contributed by atoms with Crippen molar-refractivity contribution >= 4 is 33.6 Å². The highest BCUT2D eigenvalue weighted by Crippen LogP contribution is 2.32. The molecule has 0 spiro atoms. The lowest BCUT2D eigenvalue weighted by atomic mass is 10.0. The van der Waals surface area contributed by atoms with Gasteiger partial charge in [-0.3, -0.25) is 19.6 Å². The first-order valence-electron chi connectivity index (χ1n) is 11.9. The number of rotatable bonds is 4. The van der Waals surface area contributed by atoms with E-state index in [1.54, 1.807) is 49.1 Å². The summed E-state index contributed by atoms with van der Waals surface area (Å²) in [6, 6.07) is 18.6. The fourth-order valence-corrected chi connectivity index (χ4v) is 4.45. The molecule has 11 nitrogen and oxygen atoms in total. The Morgan fingerprint density at radius 1 is 0.641 bits per heavy atom. The predicted molar refractivity (Wildman–Crippen MR) is 142 cm³/mol. The van der Waals surface area contributed by atoms with E-state index in [1.807, 2.05) is 36.4 Å². The van der Waals surface area contributed by atoms with Crippen molar-refractivity contribution in [2.45, 2.75) is 0 Å². The first-order valence-corrected chi connectivity index (χ1v) is 11.9. The number of hydrogen-bond donors (Lipinski definition) is 1. The van der Waals surface area contributed by atoms with Gasteiger partial charge in [0.2, 0.25) is 0 Å². The molecule has 0 amide bonds. The summed E-state index contributed by atoms with van der Waals surface area (Å²) in [5, 5.41) is 18.4. The van der Waals surface area contributed by atoms with Crippen LogP contribution in [0.2, 0.25) is 0 Å². The molecule has 0 saturated carbocycles. The van der Waals surface area contributed by atoms with Gasteiger partial charge in [-0.05, 0) is 48.5 Å². The van der Waals surface area contributed by atoms with E-state index in [2.05, 4.69) is 35.6 Å². The predicted octanol–water partition coefficient (Wildman–Crippen LogP) is 4.01. The lowest BCUT2D eigenvalue weighted by Gasteiger charge is -2.00. The Bertz CT molecular complexity index is 1860. The average Bonchev–Trinajstić information content (AvgIpc) is 3.75. The van der Waals surface area contributed by atoms with Gasteiger partial charge in [0, 0.05) is 57.7 Å². The zero-order valence-electron chi connectivity index (χ0n) is 20.1. The third kappa shape index (κ3) is 3.94. The highest BCUT2D eigenvalue weighted by molar-refractivity contribution is 6.09. The van der Waals surface area contributed by atoms with Crippen LogP contribution in [0, 0.1) is 0 Å². The lowest BCUT2D eigenvalue weighted by molar-refractivity contribution is 0.0934. The maximum atomic E-state index is 12.7. The number of fused-ring (bicyclic) bond motifs is 3. The summed E-state index contributed by atoms with van der Waals surface area (Å²) < 4.78 is 2.42. The Labute approximate surface area is 219 Å². The number of hydrogen-bond acceptors (Lipinski definition) is 8. The van der Waals surface area contributed by atoms with Gasteiger partial charge in [-0.2, -0.15) is 9.36 Å². The van der Waals surface area contributed by atoms with Crippen LogP contribution in [-0.4, -0.2) is 56.8 Å². The van der Waals surface area contributed by atoms with Crippen molar-refractivity contribution in [2.24, 2.45) is 0 Å². The second-order valence-electron chi connectivity index (χ2n) is 8.84. The van der Waals surface area contributed by atoms with Gasteiger partial charge in [-0.15, -0.1) is 10.2 Å². The largest absolute Gasteiger partial charge is 0.355 e. The zero-order chi connectivity index (χ0) is 26.3. The average molecular weight is 512 g/mol. The summed E-state index contributed by atoms with van der Waals surface area (Å²) in [6.07, 6.45) is 9.41. The summed E-state index contributed by atoms with van der Waals surface area (Å²) in [7, 11) is 0. The molecule has 0 unspecified atom stereocenters. The van der Waals surface area contributed by atoms with E-state index in [0.717, 1.165) is 32.9 Å². The van der Waals surface area contributed by atoms with E-state index in [4.69, 9.17) is 0 Å². The van der Waals surface area contributed by atoms with Crippen molar-refractivity contribution in [3.63, 3.8) is 0 Å². The minimum absolute atomic E-state index is 0.310.